The molecule has 0 saturated carbocycles. The number of anilines is 1. The number of fused-ring (bicyclic) bond motifs is 1. The van der Waals surface area contributed by atoms with Gasteiger partial charge in [0.15, 0.2) is 17.0 Å². The molecule has 24 heavy (non-hydrogen) atoms. The normalized spacial score (nSPS) is 21.0. The second-order valence-electron chi connectivity index (χ2n) is 5.95. The standard InChI is InChI=1S/C14H23N7O2S/c1-20(2)6-5-16-13-12-14(18-8-17-13)21(9-19-12)11-4-3-10(23-11)7-22-24-15/h8-11H,3-7,15H2,1-2H3,(H,16,17,18). The van der Waals surface area contributed by atoms with Gasteiger partial charge < -0.3 is 15.0 Å². The molecule has 1 fully saturated rings. The summed E-state index contributed by atoms with van der Waals surface area (Å²) in [6.07, 6.45) is 5.09. The van der Waals surface area contributed by atoms with E-state index in [9.17, 15) is 0 Å². The Hall–Kier alpha value is -1.46. The molecule has 2 atom stereocenters. The Bertz CT molecular complexity index is 666. The van der Waals surface area contributed by atoms with Crippen molar-refractivity contribution >= 4 is 29.2 Å². The van der Waals surface area contributed by atoms with Gasteiger partial charge in [-0.15, -0.1) is 0 Å². The zero-order valence-electron chi connectivity index (χ0n) is 13.9. The molecule has 1 aliphatic heterocycles. The first-order valence-electron chi connectivity index (χ1n) is 7.89. The van der Waals surface area contributed by atoms with Crippen LogP contribution in [0, 0.1) is 0 Å². The Balaban J connectivity index is 1.72. The molecule has 3 N–H and O–H groups in total. The number of imidazole rings is 1. The van der Waals surface area contributed by atoms with Crippen molar-refractivity contribution in [2.75, 3.05) is 39.1 Å². The van der Waals surface area contributed by atoms with Crippen LogP contribution in [-0.2, 0) is 8.92 Å². The van der Waals surface area contributed by atoms with E-state index in [1.54, 1.807) is 12.7 Å². The predicted octanol–water partition coefficient (Wildman–Crippen LogP) is 1.02. The SMILES string of the molecule is CN(C)CCNc1ncnc2c1ncn2C1CCC(COSN)O1. The third kappa shape index (κ3) is 3.95. The van der Waals surface area contributed by atoms with Gasteiger partial charge in [0.25, 0.3) is 0 Å². The van der Waals surface area contributed by atoms with Crippen LogP contribution >= 0.6 is 12.2 Å². The first-order valence-corrected chi connectivity index (χ1v) is 8.69. The first kappa shape index (κ1) is 17.4. The van der Waals surface area contributed by atoms with Crippen LogP contribution in [-0.4, -0.2) is 64.3 Å². The van der Waals surface area contributed by atoms with Gasteiger partial charge in [0, 0.05) is 13.1 Å². The molecule has 0 aliphatic carbocycles. The van der Waals surface area contributed by atoms with E-state index in [4.69, 9.17) is 14.1 Å². The fourth-order valence-electron chi connectivity index (χ4n) is 2.72. The highest BCUT2D eigenvalue weighted by Crippen LogP contribution is 2.31. The molecule has 1 saturated heterocycles. The molecule has 2 aromatic heterocycles. The third-order valence-corrected chi connectivity index (χ3v) is 4.20. The number of aromatic nitrogens is 4. The molecule has 132 valence electrons. The maximum atomic E-state index is 6.01. The largest absolute Gasteiger partial charge is 0.367 e. The van der Waals surface area contributed by atoms with E-state index >= 15 is 0 Å². The minimum atomic E-state index is -0.0871. The van der Waals surface area contributed by atoms with Crippen LogP contribution in [0.25, 0.3) is 11.2 Å². The van der Waals surface area contributed by atoms with Gasteiger partial charge in [0.1, 0.15) is 12.6 Å². The summed E-state index contributed by atoms with van der Waals surface area (Å²) in [6.45, 7) is 2.19. The zero-order chi connectivity index (χ0) is 16.9. The Labute approximate surface area is 145 Å². The first-order chi connectivity index (χ1) is 11.7. The smallest absolute Gasteiger partial charge is 0.167 e. The van der Waals surface area contributed by atoms with Gasteiger partial charge in [0.05, 0.1) is 31.3 Å². The number of hydrogen-bond acceptors (Lipinski definition) is 9. The van der Waals surface area contributed by atoms with E-state index in [-0.39, 0.29) is 12.3 Å². The monoisotopic (exact) mass is 353 g/mol. The molecule has 0 amide bonds. The topological polar surface area (TPSA) is 103 Å². The summed E-state index contributed by atoms with van der Waals surface area (Å²) < 4.78 is 13.1. The van der Waals surface area contributed by atoms with Crippen LogP contribution in [0.15, 0.2) is 12.7 Å². The Morgan fingerprint density at radius 1 is 1.42 bits per heavy atom. The molecular formula is C14H23N7O2S. The number of nitrogens with zero attached hydrogens (tertiary/aromatic N) is 5. The molecule has 10 heteroatoms. The average molecular weight is 353 g/mol. The van der Waals surface area contributed by atoms with Crippen LogP contribution in [0.3, 0.4) is 0 Å². The highest BCUT2D eigenvalue weighted by molar-refractivity contribution is 7.92. The van der Waals surface area contributed by atoms with Gasteiger partial charge >= 0.3 is 0 Å². The fourth-order valence-corrected chi connectivity index (χ4v) is 2.95. The van der Waals surface area contributed by atoms with E-state index in [0.717, 1.165) is 55.1 Å². The summed E-state index contributed by atoms with van der Waals surface area (Å²) in [7, 11) is 4.07. The van der Waals surface area contributed by atoms with Gasteiger partial charge in [-0.3, -0.25) is 13.9 Å². The zero-order valence-corrected chi connectivity index (χ0v) is 14.7. The lowest BCUT2D eigenvalue weighted by Crippen LogP contribution is -2.21. The predicted molar refractivity (Wildman–Crippen MR) is 93.2 cm³/mol. The molecule has 0 spiro atoms. The van der Waals surface area contributed by atoms with Crippen LogP contribution in [0.5, 0.6) is 0 Å². The summed E-state index contributed by atoms with van der Waals surface area (Å²) in [5.74, 6) is 0.748. The molecule has 0 aromatic carbocycles. The lowest BCUT2D eigenvalue weighted by Gasteiger charge is -2.15. The van der Waals surface area contributed by atoms with Crippen LogP contribution in [0.2, 0.25) is 0 Å². The Morgan fingerprint density at radius 2 is 2.29 bits per heavy atom. The third-order valence-electron chi connectivity index (χ3n) is 3.93. The van der Waals surface area contributed by atoms with Crippen molar-refractivity contribution in [1.82, 2.24) is 24.4 Å². The highest BCUT2D eigenvalue weighted by atomic mass is 32.2. The number of likely N-dealkylation sites (N-methyl/N-ethyl adjacent to an activating group) is 1. The second kappa shape index (κ2) is 8.08. The van der Waals surface area contributed by atoms with Crippen molar-refractivity contribution in [1.29, 1.82) is 0 Å². The lowest BCUT2D eigenvalue weighted by molar-refractivity contribution is -0.0128. The molecule has 9 nitrogen and oxygen atoms in total. The number of rotatable bonds is 8. The van der Waals surface area contributed by atoms with Gasteiger partial charge in [0.2, 0.25) is 0 Å². The maximum absolute atomic E-state index is 6.01. The number of ether oxygens (including phenoxy) is 1. The maximum Gasteiger partial charge on any atom is 0.167 e. The molecule has 2 unspecified atom stereocenters. The van der Waals surface area contributed by atoms with E-state index in [0.29, 0.717) is 6.61 Å². The molecule has 0 bridgehead atoms. The van der Waals surface area contributed by atoms with E-state index < -0.39 is 0 Å². The molecule has 1 aliphatic rings. The Kier molecular flexibility index (Phi) is 5.85. The average Bonchev–Trinajstić information content (AvgIpc) is 3.19. The van der Waals surface area contributed by atoms with E-state index in [2.05, 4.69) is 25.2 Å². The van der Waals surface area contributed by atoms with Crippen molar-refractivity contribution in [2.45, 2.75) is 25.2 Å². The number of hydrogen-bond donors (Lipinski definition) is 2. The van der Waals surface area contributed by atoms with Crippen LogP contribution in [0.4, 0.5) is 5.82 Å². The summed E-state index contributed by atoms with van der Waals surface area (Å²) in [5.41, 5.74) is 1.54. The molecule has 0 radical (unpaired) electrons. The van der Waals surface area contributed by atoms with Crippen molar-refractivity contribution < 1.29 is 8.92 Å². The molecule has 2 aromatic rings. The summed E-state index contributed by atoms with van der Waals surface area (Å²) in [6, 6.07) is 0. The van der Waals surface area contributed by atoms with E-state index in [1.807, 2.05) is 18.7 Å². The van der Waals surface area contributed by atoms with E-state index in [1.165, 1.54) is 0 Å². The number of nitrogens with two attached hydrogens (primary N) is 1. The van der Waals surface area contributed by atoms with Gasteiger partial charge in [-0.1, -0.05) is 0 Å². The molecule has 3 heterocycles. The van der Waals surface area contributed by atoms with Crippen molar-refractivity contribution in [3.63, 3.8) is 0 Å². The van der Waals surface area contributed by atoms with Crippen LogP contribution < -0.4 is 10.5 Å². The van der Waals surface area contributed by atoms with Crippen molar-refractivity contribution in [2.24, 2.45) is 5.14 Å². The van der Waals surface area contributed by atoms with Gasteiger partial charge in [-0.05, 0) is 26.9 Å². The molecular weight excluding hydrogens is 330 g/mol. The van der Waals surface area contributed by atoms with Gasteiger partial charge in [-0.2, -0.15) is 0 Å². The summed E-state index contributed by atoms with van der Waals surface area (Å²) in [4.78, 5) is 15.3. The molecule has 3 rings (SSSR count). The minimum absolute atomic E-state index is 0.0445. The summed E-state index contributed by atoms with van der Waals surface area (Å²) in [5, 5.41) is 8.60. The minimum Gasteiger partial charge on any atom is -0.367 e. The summed E-state index contributed by atoms with van der Waals surface area (Å²) >= 11 is 0.870. The van der Waals surface area contributed by atoms with Crippen molar-refractivity contribution in [3.05, 3.63) is 12.7 Å². The fraction of sp³-hybridized carbons (Fsp3) is 0.643. The quantitative estimate of drug-likeness (QED) is 0.531. The van der Waals surface area contributed by atoms with Crippen molar-refractivity contribution in [3.8, 4) is 0 Å². The highest BCUT2D eigenvalue weighted by Gasteiger charge is 2.28. The van der Waals surface area contributed by atoms with Gasteiger partial charge in [-0.25, -0.2) is 15.0 Å². The van der Waals surface area contributed by atoms with Crippen LogP contribution in [0.1, 0.15) is 19.1 Å². The number of nitrogens with one attached hydrogen (secondary N) is 1. The lowest BCUT2D eigenvalue weighted by atomic mass is 10.2. The Morgan fingerprint density at radius 3 is 3.08 bits per heavy atom. The second-order valence-corrected chi connectivity index (χ2v) is 6.38.